The molecular formula is C12H17NO3S. The van der Waals surface area contributed by atoms with E-state index in [9.17, 15) is 9.90 Å². The average molecular weight is 255 g/mol. The summed E-state index contributed by atoms with van der Waals surface area (Å²) < 4.78 is 4.80. The predicted octanol–water partition coefficient (Wildman–Crippen LogP) is 1.23. The van der Waals surface area contributed by atoms with Gasteiger partial charge in [0, 0.05) is 31.7 Å². The summed E-state index contributed by atoms with van der Waals surface area (Å²) >= 11 is 1.57. The Morgan fingerprint density at radius 2 is 2.47 bits per heavy atom. The van der Waals surface area contributed by atoms with Gasteiger partial charge in [-0.15, -0.1) is 11.3 Å². The van der Waals surface area contributed by atoms with E-state index in [1.165, 1.54) is 18.1 Å². The van der Waals surface area contributed by atoms with Crippen LogP contribution in [0.5, 0.6) is 0 Å². The molecule has 0 aliphatic carbocycles. The molecule has 1 aromatic heterocycles. The van der Waals surface area contributed by atoms with Gasteiger partial charge in [0.15, 0.2) is 0 Å². The van der Waals surface area contributed by atoms with E-state index in [0.29, 0.717) is 0 Å². The van der Waals surface area contributed by atoms with E-state index >= 15 is 0 Å². The van der Waals surface area contributed by atoms with Gasteiger partial charge in [0.05, 0.1) is 12.7 Å². The third-order valence-electron chi connectivity index (χ3n) is 2.15. The maximum absolute atomic E-state index is 11.7. The van der Waals surface area contributed by atoms with Crippen LogP contribution >= 0.6 is 11.3 Å². The third kappa shape index (κ3) is 5.12. The van der Waals surface area contributed by atoms with E-state index in [4.69, 9.17) is 4.74 Å². The smallest absolute Gasteiger partial charge is 0.246 e. The highest BCUT2D eigenvalue weighted by Crippen LogP contribution is 2.10. The minimum absolute atomic E-state index is 0.131. The van der Waals surface area contributed by atoms with E-state index in [-0.39, 0.29) is 19.1 Å². The quantitative estimate of drug-likeness (QED) is 0.778. The van der Waals surface area contributed by atoms with Crippen LogP contribution in [0, 0.1) is 0 Å². The molecule has 0 fully saturated rings. The van der Waals surface area contributed by atoms with E-state index in [2.05, 4.69) is 0 Å². The van der Waals surface area contributed by atoms with Crippen molar-refractivity contribution in [3.05, 3.63) is 28.5 Å². The van der Waals surface area contributed by atoms with Crippen LogP contribution in [0.1, 0.15) is 4.88 Å². The number of methoxy groups -OCH3 is 1. The molecule has 1 rings (SSSR count). The Morgan fingerprint density at radius 1 is 1.71 bits per heavy atom. The molecule has 94 valence electrons. The fourth-order valence-corrected chi connectivity index (χ4v) is 1.94. The molecule has 0 spiro atoms. The van der Waals surface area contributed by atoms with Crippen molar-refractivity contribution in [3.63, 3.8) is 0 Å². The van der Waals surface area contributed by atoms with Crippen molar-refractivity contribution in [1.82, 2.24) is 4.90 Å². The molecule has 4 nitrogen and oxygen atoms in total. The standard InChI is InChI=1S/C12H17NO3S/c1-13(8-10(14)9-16-2)12(15)6-5-11-4-3-7-17-11/h3-7,10,14H,8-9H2,1-2H3. The second-order valence-electron chi connectivity index (χ2n) is 3.68. The summed E-state index contributed by atoms with van der Waals surface area (Å²) in [6.07, 6.45) is 2.63. The SMILES string of the molecule is COCC(O)CN(C)C(=O)C=Cc1cccs1. The zero-order valence-electron chi connectivity index (χ0n) is 10.00. The lowest BCUT2D eigenvalue weighted by atomic mass is 10.3. The van der Waals surface area contributed by atoms with Crippen molar-refractivity contribution in [2.75, 3.05) is 27.3 Å². The van der Waals surface area contributed by atoms with Gasteiger partial charge in [-0.25, -0.2) is 0 Å². The molecule has 0 aliphatic heterocycles. The molecule has 0 aliphatic rings. The fraction of sp³-hybridized carbons (Fsp3) is 0.417. The Morgan fingerprint density at radius 3 is 3.06 bits per heavy atom. The van der Waals surface area contributed by atoms with Crippen LogP contribution in [0.3, 0.4) is 0 Å². The van der Waals surface area contributed by atoms with Gasteiger partial charge in [-0.3, -0.25) is 4.79 Å². The number of rotatable bonds is 6. The normalized spacial score (nSPS) is 12.9. The molecule has 5 heteroatoms. The number of nitrogens with zero attached hydrogens (tertiary/aromatic N) is 1. The molecule has 0 saturated carbocycles. The molecular weight excluding hydrogens is 238 g/mol. The molecule has 1 N–H and O–H groups in total. The molecule has 0 aromatic carbocycles. The Labute approximate surface area is 105 Å². The van der Waals surface area contributed by atoms with Crippen LogP contribution in [0.2, 0.25) is 0 Å². The summed E-state index contributed by atoms with van der Waals surface area (Å²) in [5.74, 6) is -0.131. The van der Waals surface area contributed by atoms with Crippen LogP contribution in [0.25, 0.3) is 6.08 Å². The Bertz CT molecular complexity index is 362. The zero-order chi connectivity index (χ0) is 12.7. The molecule has 1 aromatic rings. The zero-order valence-corrected chi connectivity index (χ0v) is 10.8. The molecule has 1 amide bonds. The van der Waals surface area contributed by atoms with Crippen LogP contribution < -0.4 is 0 Å². The predicted molar refractivity (Wildman–Crippen MR) is 68.9 cm³/mol. The summed E-state index contributed by atoms with van der Waals surface area (Å²) in [5.41, 5.74) is 0. The number of carbonyl (C=O) groups is 1. The first-order chi connectivity index (χ1) is 8.13. The van der Waals surface area contributed by atoms with Gasteiger partial charge in [0.25, 0.3) is 0 Å². The van der Waals surface area contributed by atoms with Gasteiger partial charge < -0.3 is 14.7 Å². The maximum atomic E-state index is 11.7. The number of likely N-dealkylation sites (N-methyl/N-ethyl adjacent to an activating group) is 1. The molecule has 1 unspecified atom stereocenters. The first-order valence-electron chi connectivity index (χ1n) is 5.27. The number of hydrogen-bond donors (Lipinski definition) is 1. The average Bonchev–Trinajstić information content (AvgIpc) is 2.78. The van der Waals surface area contributed by atoms with Gasteiger partial charge in [0.2, 0.25) is 5.91 Å². The molecule has 17 heavy (non-hydrogen) atoms. The van der Waals surface area contributed by atoms with Crippen LogP contribution in [0.4, 0.5) is 0 Å². The highest BCUT2D eigenvalue weighted by Gasteiger charge is 2.10. The lowest BCUT2D eigenvalue weighted by Crippen LogP contribution is -2.35. The largest absolute Gasteiger partial charge is 0.389 e. The summed E-state index contributed by atoms with van der Waals surface area (Å²) in [7, 11) is 3.17. The van der Waals surface area contributed by atoms with E-state index < -0.39 is 6.10 Å². The molecule has 1 heterocycles. The van der Waals surface area contributed by atoms with Crippen molar-refractivity contribution in [2.45, 2.75) is 6.10 Å². The van der Waals surface area contributed by atoms with E-state index in [1.807, 2.05) is 17.5 Å². The Balaban J connectivity index is 2.41. The second-order valence-corrected chi connectivity index (χ2v) is 4.66. The Hall–Kier alpha value is -1.17. The van der Waals surface area contributed by atoms with Crippen molar-refractivity contribution in [1.29, 1.82) is 0 Å². The maximum Gasteiger partial charge on any atom is 0.246 e. The molecule has 0 saturated heterocycles. The first kappa shape index (κ1) is 13.9. The van der Waals surface area contributed by atoms with Crippen LogP contribution in [-0.4, -0.2) is 49.3 Å². The minimum atomic E-state index is -0.649. The van der Waals surface area contributed by atoms with E-state index in [0.717, 1.165) is 4.88 Å². The van der Waals surface area contributed by atoms with Crippen LogP contribution in [-0.2, 0) is 9.53 Å². The van der Waals surface area contributed by atoms with Crippen molar-refractivity contribution >= 4 is 23.3 Å². The number of aliphatic hydroxyl groups is 1. The number of carbonyl (C=O) groups excluding carboxylic acids is 1. The Kier molecular flexibility index (Phi) is 5.90. The first-order valence-corrected chi connectivity index (χ1v) is 6.15. The number of aliphatic hydroxyl groups excluding tert-OH is 1. The van der Waals surface area contributed by atoms with Crippen molar-refractivity contribution in [3.8, 4) is 0 Å². The minimum Gasteiger partial charge on any atom is -0.389 e. The van der Waals surface area contributed by atoms with Crippen LogP contribution in [0.15, 0.2) is 23.6 Å². The molecule has 0 radical (unpaired) electrons. The molecule has 1 atom stereocenters. The highest BCUT2D eigenvalue weighted by atomic mass is 32.1. The third-order valence-corrected chi connectivity index (χ3v) is 2.99. The lowest BCUT2D eigenvalue weighted by molar-refractivity contribution is -0.126. The van der Waals surface area contributed by atoms with Gasteiger partial charge in [-0.05, 0) is 17.5 Å². The highest BCUT2D eigenvalue weighted by molar-refractivity contribution is 7.10. The summed E-state index contributed by atoms with van der Waals surface area (Å²) in [6, 6.07) is 3.87. The summed E-state index contributed by atoms with van der Waals surface area (Å²) in [4.78, 5) is 14.2. The topological polar surface area (TPSA) is 49.8 Å². The van der Waals surface area contributed by atoms with Gasteiger partial charge >= 0.3 is 0 Å². The number of thiophene rings is 1. The van der Waals surface area contributed by atoms with Gasteiger partial charge in [0.1, 0.15) is 0 Å². The van der Waals surface area contributed by atoms with E-state index in [1.54, 1.807) is 24.5 Å². The number of hydrogen-bond acceptors (Lipinski definition) is 4. The summed E-state index contributed by atoms with van der Waals surface area (Å²) in [6.45, 7) is 0.494. The number of ether oxygens (including phenoxy) is 1. The fourth-order valence-electron chi connectivity index (χ4n) is 1.32. The van der Waals surface area contributed by atoms with Crippen molar-refractivity contribution in [2.24, 2.45) is 0 Å². The lowest BCUT2D eigenvalue weighted by Gasteiger charge is -2.18. The van der Waals surface area contributed by atoms with Crippen molar-refractivity contribution < 1.29 is 14.6 Å². The van der Waals surface area contributed by atoms with Gasteiger partial charge in [-0.1, -0.05) is 6.07 Å². The number of amides is 1. The monoisotopic (exact) mass is 255 g/mol. The summed E-state index contributed by atoms with van der Waals surface area (Å²) in [5, 5.41) is 11.4. The molecule has 0 bridgehead atoms. The van der Waals surface area contributed by atoms with Gasteiger partial charge in [-0.2, -0.15) is 0 Å². The second kappa shape index (κ2) is 7.21.